The summed E-state index contributed by atoms with van der Waals surface area (Å²) in [5.74, 6) is 0.878. The number of hydrogen-bond acceptors (Lipinski definition) is 6. The Morgan fingerprint density at radius 1 is 1.07 bits per heavy atom. The van der Waals surface area contributed by atoms with E-state index < -0.39 is 11.9 Å². The largest absolute Gasteiger partial charge is 0.481 e. The third-order valence-corrected chi connectivity index (χ3v) is 13.8. The fourth-order valence-electron chi connectivity index (χ4n) is 10.3. The van der Waals surface area contributed by atoms with Crippen molar-refractivity contribution in [3.63, 3.8) is 0 Å². The van der Waals surface area contributed by atoms with Crippen LogP contribution in [0.2, 0.25) is 4.34 Å². The summed E-state index contributed by atoms with van der Waals surface area (Å²) in [5, 5.41) is 12.4. The van der Waals surface area contributed by atoms with E-state index in [0.29, 0.717) is 49.2 Å². The number of nitrogens with one attached hydrogen (secondary N) is 1. The zero-order valence-electron chi connectivity index (χ0n) is 26.9. The molecular formula is C35H50ClNO6S. The number of carbonyl (C=O) groups excluding carboxylic acids is 3. The van der Waals surface area contributed by atoms with Crippen molar-refractivity contribution in [3.8, 4) is 0 Å². The van der Waals surface area contributed by atoms with E-state index in [1.165, 1.54) is 11.3 Å². The number of halogens is 1. The van der Waals surface area contributed by atoms with Crippen molar-refractivity contribution in [2.75, 3.05) is 0 Å². The molecule has 10 atom stereocenters. The van der Waals surface area contributed by atoms with Crippen LogP contribution in [0, 0.1) is 52.3 Å². The topological polar surface area (TPSA) is 110 Å². The molecular weight excluding hydrogens is 598 g/mol. The predicted molar refractivity (Wildman–Crippen MR) is 171 cm³/mol. The number of aliphatic carboxylic acids is 1. The van der Waals surface area contributed by atoms with Crippen LogP contribution in [-0.2, 0) is 23.9 Å². The number of hydrogen-bond donors (Lipinski definition) is 2. The molecule has 2 N–H and O–H groups in total. The van der Waals surface area contributed by atoms with E-state index in [-0.39, 0.29) is 65.4 Å². The van der Waals surface area contributed by atoms with Crippen molar-refractivity contribution < 1.29 is 29.0 Å². The Morgan fingerprint density at radius 2 is 1.80 bits per heavy atom. The fraction of sp³-hybridized carbons (Fsp3) is 0.771. The number of Topliss-reactive ketones (excluding diaryl/α,β-unsaturated/α-hetero) is 1. The van der Waals surface area contributed by atoms with Crippen molar-refractivity contribution in [2.24, 2.45) is 52.3 Å². The Balaban J connectivity index is 1.33. The first kappa shape index (κ1) is 33.4. The third kappa shape index (κ3) is 6.49. The van der Waals surface area contributed by atoms with E-state index in [9.17, 15) is 19.2 Å². The highest BCUT2D eigenvalue weighted by Crippen LogP contribution is 2.68. The molecule has 4 saturated carbocycles. The molecule has 244 valence electrons. The van der Waals surface area contributed by atoms with Crippen molar-refractivity contribution >= 4 is 46.6 Å². The molecule has 0 spiro atoms. The minimum absolute atomic E-state index is 0.0268. The number of ketones is 1. The lowest BCUT2D eigenvalue weighted by Gasteiger charge is -2.62. The van der Waals surface area contributed by atoms with Gasteiger partial charge in [-0.1, -0.05) is 46.2 Å². The Labute approximate surface area is 271 Å². The summed E-state index contributed by atoms with van der Waals surface area (Å²) in [6, 6.07) is 3.83. The van der Waals surface area contributed by atoms with E-state index in [4.69, 9.17) is 21.4 Å². The first-order valence-corrected chi connectivity index (χ1v) is 17.9. The van der Waals surface area contributed by atoms with Crippen LogP contribution in [0.4, 0.5) is 0 Å². The Kier molecular flexibility index (Phi) is 9.92. The maximum absolute atomic E-state index is 13.4. The summed E-state index contributed by atoms with van der Waals surface area (Å²) >= 11 is 7.72. The second kappa shape index (κ2) is 13.1. The second-order valence-electron chi connectivity index (χ2n) is 15.2. The van der Waals surface area contributed by atoms with Gasteiger partial charge in [0.1, 0.15) is 11.9 Å². The number of carboxylic acids is 1. The van der Waals surface area contributed by atoms with Crippen LogP contribution < -0.4 is 5.32 Å². The molecule has 0 aliphatic heterocycles. The summed E-state index contributed by atoms with van der Waals surface area (Å²) in [4.78, 5) is 51.1. The van der Waals surface area contributed by atoms with Gasteiger partial charge in [0, 0.05) is 30.1 Å². The number of carbonyl (C=O) groups is 4. The maximum Gasteiger partial charge on any atom is 0.306 e. The SMILES string of the molecule is CC(C)C(NC(=O)C[C@@H](C)C1CC[C@H]2[C@@H]3[C@H](OC(=O)CCC(=O)O)C[C@@H]4CC(=O)CC[C@]4(C)[C@H]3CC[C@]12C)c1ccc(Cl)s1. The van der Waals surface area contributed by atoms with Gasteiger partial charge >= 0.3 is 11.9 Å². The van der Waals surface area contributed by atoms with Crippen LogP contribution in [0.15, 0.2) is 12.1 Å². The van der Waals surface area contributed by atoms with Crippen LogP contribution in [0.1, 0.15) is 116 Å². The van der Waals surface area contributed by atoms with Gasteiger partial charge in [-0.3, -0.25) is 19.2 Å². The van der Waals surface area contributed by atoms with Gasteiger partial charge in [-0.2, -0.15) is 0 Å². The molecule has 44 heavy (non-hydrogen) atoms. The molecule has 1 aromatic heterocycles. The molecule has 1 amide bonds. The number of rotatable bonds is 10. The van der Waals surface area contributed by atoms with Crippen LogP contribution >= 0.6 is 22.9 Å². The van der Waals surface area contributed by atoms with Gasteiger partial charge in [-0.15, -0.1) is 11.3 Å². The minimum atomic E-state index is -1.00. The molecule has 4 aliphatic rings. The summed E-state index contributed by atoms with van der Waals surface area (Å²) in [6.07, 6.45) is 6.77. The lowest BCUT2D eigenvalue weighted by Crippen LogP contribution is -2.59. The standard InChI is InChI=1S/C35H50ClNO6S/c1-19(2)33(27-8-9-28(36)44-27)37-29(39)16-20(3)23-6-7-24-32-25(13-15-35(23,24)5)34(4)14-12-22(38)17-21(34)18-26(32)43-31(42)11-10-30(40)41/h8-9,19-21,23-26,32-33H,6-7,10-18H2,1-5H3,(H,37,39)(H,40,41)/t20-,21+,23?,24+,25+,26-,32+,33?,34+,35-/m1/s1. The summed E-state index contributed by atoms with van der Waals surface area (Å²) in [6.45, 7) is 11.2. The minimum Gasteiger partial charge on any atom is -0.481 e. The first-order valence-electron chi connectivity index (χ1n) is 16.7. The molecule has 5 rings (SSSR count). The van der Waals surface area contributed by atoms with Crippen LogP contribution in [0.3, 0.4) is 0 Å². The second-order valence-corrected chi connectivity index (χ2v) is 17.0. The summed E-state index contributed by atoms with van der Waals surface area (Å²) < 4.78 is 6.90. The van der Waals surface area contributed by atoms with Gasteiger partial charge in [0.05, 0.1) is 23.2 Å². The Bertz CT molecular complexity index is 1260. The van der Waals surface area contributed by atoms with Crippen LogP contribution in [0.5, 0.6) is 0 Å². The zero-order chi connectivity index (χ0) is 32.0. The molecule has 7 nitrogen and oxygen atoms in total. The van der Waals surface area contributed by atoms with Crippen molar-refractivity contribution in [1.29, 1.82) is 0 Å². The van der Waals surface area contributed by atoms with Crippen molar-refractivity contribution in [1.82, 2.24) is 5.32 Å². The summed E-state index contributed by atoms with van der Waals surface area (Å²) in [5.41, 5.74) is 0.0724. The molecule has 2 unspecified atom stereocenters. The van der Waals surface area contributed by atoms with Crippen molar-refractivity contribution in [3.05, 3.63) is 21.3 Å². The molecule has 0 aromatic carbocycles. The van der Waals surface area contributed by atoms with Gasteiger partial charge in [0.25, 0.3) is 0 Å². The predicted octanol–water partition coefficient (Wildman–Crippen LogP) is 7.86. The van der Waals surface area contributed by atoms with Gasteiger partial charge < -0.3 is 15.2 Å². The Hall–Kier alpha value is -1.93. The van der Waals surface area contributed by atoms with Gasteiger partial charge in [-0.25, -0.2) is 0 Å². The number of thiophene rings is 1. The number of amides is 1. The number of carboxylic acid groups (broad SMARTS) is 1. The molecule has 4 fully saturated rings. The molecule has 0 radical (unpaired) electrons. The number of ether oxygens (including phenoxy) is 1. The van der Waals surface area contributed by atoms with Crippen molar-refractivity contribution in [2.45, 2.75) is 117 Å². The fourth-order valence-corrected chi connectivity index (χ4v) is 11.5. The number of fused-ring (bicyclic) bond motifs is 5. The third-order valence-electron chi connectivity index (χ3n) is 12.5. The van der Waals surface area contributed by atoms with E-state index >= 15 is 0 Å². The van der Waals surface area contributed by atoms with Gasteiger partial charge in [0.15, 0.2) is 0 Å². The lowest BCUT2D eigenvalue weighted by atomic mass is 9.43. The zero-order valence-corrected chi connectivity index (χ0v) is 28.5. The molecule has 0 saturated heterocycles. The van der Waals surface area contributed by atoms with Crippen LogP contribution in [-0.4, -0.2) is 34.8 Å². The molecule has 1 heterocycles. The first-order chi connectivity index (χ1) is 20.7. The highest BCUT2D eigenvalue weighted by atomic mass is 35.5. The average Bonchev–Trinajstić information content (AvgIpc) is 3.53. The van der Waals surface area contributed by atoms with Crippen LogP contribution in [0.25, 0.3) is 0 Å². The van der Waals surface area contributed by atoms with E-state index in [1.54, 1.807) is 0 Å². The monoisotopic (exact) mass is 647 g/mol. The van der Waals surface area contributed by atoms with Gasteiger partial charge in [0.2, 0.25) is 5.91 Å². The molecule has 4 aliphatic carbocycles. The average molecular weight is 648 g/mol. The molecule has 0 bridgehead atoms. The van der Waals surface area contributed by atoms with E-state index in [1.807, 2.05) is 12.1 Å². The smallest absolute Gasteiger partial charge is 0.306 e. The lowest BCUT2D eigenvalue weighted by molar-refractivity contribution is -0.191. The molecule has 9 heteroatoms. The van der Waals surface area contributed by atoms with Gasteiger partial charge in [-0.05, 0) is 97.0 Å². The highest BCUT2D eigenvalue weighted by molar-refractivity contribution is 7.16. The quantitative estimate of drug-likeness (QED) is 0.250. The normalized spacial score (nSPS) is 36.1. The number of esters is 1. The highest BCUT2D eigenvalue weighted by Gasteiger charge is 2.64. The molecule has 1 aromatic rings. The Morgan fingerprint density at radius 3 is 2.45 bits per heavy atom. The maximum atomic E-state index is 13.4. The van der Waals surface area contributed by atoms with E-state index in [2.05, 4.69) is 39.9 Å². The van der Waals surface area contributed by atoms with E-state index in [0.717, 1.165) is 41.3 Å². The summed E-state index contributed by atoms with van der Waals surface area (Å²) in [7, 11) is 0.